The Hall–Kier alpha value is -1.32. The number of hydrogen-bond acceptors (Lipinski definition) is 3. The highest BCUT2D eigenvalue weighted by molar-refractivity contribution is 7.98. The zero-order chi connectivity index (χ0) is 12.8. The molecule has 0 fully saturated rings. The molecule has 1 N–H and O–H groups in total. The zero-order valence-electron chi connectivity index (χ0n) is 10.8. The van der Waals surface area contributed by atoms with Gasteiger partial charge in [0.05, 0.1) is 0 Å². The first kappa shape index (κ1) is 13.1. The van der Waals surface area contributed by atoms with Crippen LogP contribution in [0.4, 0.5) is 0 Å². The SMILES string of the molecule is CNC(Cc1cccnc1)c1ccc(SC)cc1. The van der Waals surface area contributed by atoms with Crippen LogP contribution in [0.2, 0.25) is 0 Å². The van der Waals surface area contributed by atoms with Gasteiger partial charge in [0.15, 0.2) is 0 Å². The quantitative estimate of drug-likeness (QED) is 0.833. The second-order valence-electron chi connectivity index (χ2n) is 4.18. The first-order chi connectivity index (χ1) is 8.83. The summed E-state index contributed by atoms with van der Waals surface area (Å²) < 4.78 is 0. The van der Waals surface area contributed by atoms with E-state index in [2.05, 4.69) is 46.9 Å². The highest BCUT2D eigenvalue weighted by Gasteiger charge is 2.09. The molecular weight excluding hydrogens is 240 g/mol. The number of hydrogen-bond donors (Lipinski definition) is 1. The van der Waals surface area contributed by atoms with Gasteiger partial charge < -0.3 is 5.32 Å². The molecule has 0 spiro atoms. The molecule has 0 radical (unpaired) electrons. The van der Waals surface area contributed by atoms with Crippen molar-refractivity contribution in [3.63, 3.8) is 0 Å². The summed E-state index contributed by atoms with van der Waals surface area (Å²) in [6.45, 7) is 0. The van der Waals surface area contributed by atoms with E-state index >= 15 is 0 Å². The normalized spacial score (nSPS) is 12.3. The van der Waals surface area contributed by atoms with E-state index in [0.717, 1.165) is 6.42 Å². The van der Waals surface area contributed by atoms with Crippen LogP contribution < -0.4 is 5.32 Å². The van der Waals surface area contributed by atoms with Gasteiger partial charge in [-0.2, -0.15) is 0 Å². The summed E-state index contributed by atoms with van der Waals surface area (Å²) in [4.78, 5) is 5.46. The van der Waals surface area contributed by atoms with Crippen molar-refractivity contribution in [3.05, 3.63) is 59.9 Å². The molecule has 0 saturated heterocycles. The lowest BCUT2D eigenvalue weighted by molar-refractivity contribution is 0.591. The minimum absolute atomic E-state index is 0.338. The van der Waals surface area contributed by atoms with E-state index in [4.69, 9.17) is 0 Å². The van der Waals surface area contributed by atoms with Gasteiger partial charge in [0.2, 0.25) is 0 Å². The molecular formula is C15H18N2S. The number of likely N-dealkylation sites (N-methyl/N-ethyl adjacent to an activating group) is 1. The van der Waals surface area contributed by atoms with E-state index in [1.54, 1.807) is 11.8 Å². The minimum Gasteiger partial charge on any atom is -0.313 e. The van der Waals surface area contributed by atoms with Crippen LogP contribution in [0.5, 0.6) is 0 Å². The van der Waals surface area contributed by atoms with E-state index in [1.807, 2.05) is 25.5 Å². The van der Waals surface area contributed by atoms with Gasteiger partial charge in [-0.3, -0.25) is 4.98 Å². The molecule has 0 bridgehead atoms. The Morgan fingerprint density at radius 1 is 1.22 bits per heavy atom. The number of benzene rings is 1. The Morgan fingerprint density at radius 2 is 2.00 bits per heavy atom. The molecule has 1 heterocycles. The summed E-state index contributed by atoms with van der Waals surface area (Å²) >= 11 is 1.77. The van der Waals surface area contributed by atoms with Crippen molar-refractivity contribution in [1.82, 2.24) is 10.3 Å². The van der Waals surface area contributed by atoms with Crippen LogP contribution >= 0.6 is 11.8 Å². The predicted octanol–water partition coefficient (Wildman–Crippen LogP) is 3.31. The van der Waals surface area contributed by atoms with Crippen LogP contribution in [0.15, 0.2) is 53.7 Å². The summed E-state index contributed by atoms with van der Waals surface area (Å²) in [6, 6.07) is 13.2. The van der Waals surface area contributed by atoms with E-state index in [0.29, 0.717) is 6.04 Å². The maximum Gasteiger partial charge on any atom is 0.0358 e. The van der Waals surface area contributed by atoms with Crippen molar-refractivity contribution in [2.45, 2.75) is 17.4 Å². The van der Waals surface area contributed by atoms with Crippen molar-refractivity contribution < 1.29 is 0 Å². The molecule has 94 valence electrons. The van der Waals surface area contributed by atoms with Crippen molar-refractivity contribution in [3.8, 4) is 0 Å². The summed E-state index contributed by atoms with van der Waals surface area (Å²) in [5.41, 5.74) is 2.57. The number of aromatic nitrogens is 1. The summed E-state index contributed by atoms with van der Waals surface area (Å²) in [7, 11) is 2.00. The van der Waals surface area contributed by atoms with Crippen LogP contribution in [0, 0.1) is 0 Å². The topological polar surface area (TPSA) is 24.9 Å². The van der Waals surface area contributed by atoms with E-state index in [-0.39, 0.29) is 0 Å². The Balaban J connectivity index is 2.12. The third-order valence-electron chi connectivity index (χ3n) is 3.03. The number of rotatable bonds is 5. The fourth-order valence-corrected chi connectivity index (χ4v) is 2.39. The van der Waals surface area contributed by atoms with Gasteiger partial charge in [0, 0.05) is 23.3 Å². The standard InChI is InChI=1S/C15H18N2S/c1-16-15(10-12-4-3-9-17-11-12)13-5-7-14(18-2)8-6-13/h3-9,11,15-16H,10H2,1-2H3. The monoisotopic (exact) mass is 258 g/mol. The summed E-state index contributed by atoms with van der Waals surface area (Å²) in [6.07, 6.45) is 6.80. The fourth-order valence-electron chi connectivity index (χ4n) is 1.98. The number of nitrogens with zero attached hydrogens (tertiary/aromatic N) is 1. The smallest absolute Gasteiger partial charge is 0.0358 e. The molecule has 18 heavy (non-hydrogen) atoms. The largest absolute Gasteiger partial charge is 0.313 e. The van der Waals surface area contributed by atoms with Crippen LogP contribution in [0.3, 0.4) is 0 Å². The molecule has 0 aliphatic carbocycles. The van der Waals surface area contributed by atoms with Gasteiger partial charge in [-0.1, -0.05) is 18.2 Å². The molecule has 0 aliphatic rings. The predicted molar refractivity (Wildman–Crippen MR) is 78.0 cm³/mol. The Bertz CT molecular complexity index is 468. The first-order valence-corrected chi connectivity index (χ1v) is 7.26. The fraction of sp³-hybridized carbons (Fsp3) is 0.267. The van der Waals surface area contributed by atoms with Crippen LogP contribution in [-0.4, -0.2) is 18.3 Å². The molecule has 1 aromatic heterocycles. The molecule has 1 aromatic carbocycles. The molecule has 2 aromatic rings. The van der Waals surface area contributed by atoms with Crippen molar-refractivity contribution in [1.29, 1.82) is 0 Å². The van der Waals surface area contributed by atoms with Gasteiger partial charge in [-0.05, 0) is 49.1 Å². The van der Waals surface area contributed by atoms with Crippen LogP contribution in [0.1, 0.15) is 17.2 Å². The number of thioether (sulfide) groups is 1. The zero-order valence-corrected chi connectivity index (χ0v) is 11.6. The third kappa shape index (κ3) is 3.34. The maximum absolute atomic E-state index is 4.16. The molecule has 3 heteroatoms. The molecule has 0 saturated carbocycles. The Labute approximate surface area is 113 Å². The maximum atomic E-state index is 4.16. The second-order valence-corrected chi connectivity index (χ2v) is 5.06. The van der Waals surface area contributed by atoms with Crippen molar-refractivity contribution in [2.24, 2.45) is 0 Å². The number of pyridine rings is 1. The van der Waals surface area contributed by atoms with Crippen molar-refractivity contribution in [2.75, 3.05) is 13.3 Å². The Kier molecular flexibility index (Phi) is 4.79. The molecule has 0 amide bonds. The number of nitrogens with one attached hydrogen (secondary N) is 1. The van der Waals surface area contributed by atoms with Gasteiger partial charge in [-0.15, -0.1) is 11.8 Å². The van der Waals surface area contributed by atoms with Gasteiger partial charge in [-0.25, -0.2) is 0 Å². The molecule has 0 aliphatic heterocycles. The van der Waals surface area contributed by atoms with Crippen molar-refractivity contribution >= 4 is 11.8 Å². The molecule has 2 rings (SSSR count). The lowest BCUT2D eigenvalue weighted by Gasteiger charge is -2.16. The van der Waals surface area contributed by atoms with E-state index < -0.39 is 0 Å². The average Bonchev–Trinajstić information content (AvgIpc) is 2.46. The second kappa shape index (κ2) is 6.57. The van der Waals surface area contributed by atoms with E-state index in [1.165, 1.54) is 16.0 Å². The van der Waals surface area contributed by atoms with Gasteiger partial charge in [0.1, 0.15) is 0 Å². The average molecular weight is 258 g/mol. The molecule has 2 nitrogen and oxygen atoms in total. The summed E-state index contributed by atoms with van der Waals surface area (Å²) in [5.74, 6) is 0. The highest BCUT2D eigenvalue weighted by atomic mass is 32.2. The third-order valence-corrected chi connectivity index (χ3v) is 3.77. The lowest BCUT2D eigenvalue weighted by atomic mass is 10.0. The van der Waals surface area contributed by atoms with Gasteiger partial charge >= 0.3 is 0 Å². The minimum atomic E-state index is 0.338. The first-order valence-electron chi connectivity index (χ1n) is 6.03. The molecule has 1 unspecified atom stereocenters. The molecule has 1 atom stereocenters. The van der Waals surface area contributed by atoms with E-state index in [9.17, 15) is 0 Å². The highest BCUT2D eigenvalue weighted by Crippen LogP contribution is 2.21. The summed E-state index contributed by atoms with van der Waals surface area (Å²) in [5, 5.41) is 3.37. The van der Waals surface area contributed by atoms with Gasteiger partial charge in [0.25, 0.3) is 0 Å². The Morgan fingerprint density at radius 3 is 2.56 bits per heavy atom. The van der Waals surface area contributed by atoms with Crippen LogP contribution in [-0.2, 0) is 6.42 Å². The lowest BCUT2D eigenvalue weighted by Crippen LogP contribution is -2.18. The van der Waals surface area contributed by atoms with Crippen LogP contribution in [0.25, 0.3) is 0 Å².